The zero-order chi connectivity index (χ0) is 19.5. The van der Waals surface area contributed by atoms with Crippen LogP contribution in [0.4, 0.5) is 0 Å². The van der Waals surface area contributed by atoms with Crippen molar-refractivity contribution in [3.8, 4) is 0 Å². The van der Waals surface area contributed by atoms with Gasteiger partial charge in [0.15, 0.2) is 0 Å². The molecule has 0 aromatic heterocycles. The first-order valence-electron chi connectivity index (χ1n) is 10.3. The molecule has 2 aromatic carbocycles. The Morgan fingerprint density at radius 2 is 1.93 bits per heavy atom. The molecular formula is C24H27Cl2NS. The van der Waals surface area contributed by atoms with Gasteiger partial charge in [0.05, 0.1) is 10.0 Å². The second-order valence-corrected chi connectivity index (χ2v) is 11.2. The molecule has 0 amide bonds. The van der Waals surface area contributed by atoms with Gasteiger partial charge < -0.3 is 0 Å². The summed E-state index contributed by atoms with van der Waals surface area (Å²) >= 11 is 14.2. The second kappa shape index (κ2) is 6.94. The van der Waals surface area contributed by atoms with Gasteiger partial charge in [-0.3, -0.25) is 0 Å². The van der Waals surface area contributed by atoms with Crippen molar-refractivity contribution in [3.63, 3.8) is 0 Å². The van der Waals surface area contributed by atoms with Crippen LogP contribution in [0, 0.1) is 5.41 Å². The molecule has 1 heterocycles. The van der Waals surface area contributed by atoms with Crippen molar-refractivity contribution in [3.05, 3.63) is 68.7 Å². The van der Waals surface area contributed by atoms with E-state index in [1.807, 2.05) is 24.1 Å². The second-order valence-electron chi connectivity index (χ2n) is 9.36. The van der Waals surface area contributed by atoms with Gasteiger partial charge in [-0.25, -0.2) is 4.31 Å². The molecule has 1 spiro atoms. The maximum atomic E-state index is 6.20. The molecule has 0 bridgehead atoms. The predicted octanol–water partition coefficient (Wildman–Crippen LogP) is 7.59. The van der Waals surface area contributed by atoms with Crippen molar-refractivity contribution in [2.45, 2.75) is 63.2 Å². The third kappa shape index (κ3) is 3.12. The molecule has 0 N–H and O–H groups in total. The molecule has 1 fully saturated rings. The SMILES string of the molecule is CC1(C)c2cccc3c2C(CCN(SCc2ccc(Cl)c(Cl)c2)C3)CC12CC2. The van der Waals surface area contributed by atoms with E-state index >= 15 is 0 Å². The van der Waals surface area contributed by atoms with Crippen LogP contribution in [0.25, 0.3) is 0 Å². The van der Waals surface area contributed by atoms with E-state index < -0.39 is 0 Å². The van der Waals surface area contributed by atoms with Crippen LogP contribution in [-0.4, -0.2) is 10.8 Å². The molecule has 0 saturated heterocycles. The Balaban J connectivity index is 1.39. The highest BCUT2D eigenvalue weighted by molar-refractivity contribution is 7.96. The van der Waals surface area contributed by atoms with Crippen LogP contribution < -0.4 is 0 Å². The van der Waals surface area contributed by atoms with E-state index in [9.17, 15) is 0 Å². The van der Waals surface area contributed by atoms with Crippen LogP contribution in [0.3, 0.4) is 0 Å². The van der Waals surface area contributed by atoms with E-state index in [2.05, 4.69) is 42.4 Å². The Labute approximate surface area is 182 Å². The number of hydrogen-bond acceptors (Lipinski definition) is 2. The average molecular weight is 432 g/mol. The Kier molecular flexibility index (Phi) is 4.79. The summed E-state index contributed by atoms with van der Waals surface area (Å²) in [5.41, 5.74) is 6.97. The van der Waals surface area contributed by atoms with Gasteiger partial charge in [-0.1, -0.05) is 73.3 Å². The van der Waals surface area contributed by atoms with Crippen LogP contribution in [0.2, 0.25) is 10.0 Å². The number of rotatable bonds is 3. The third-order valence-electron chi connectivity index (χ3n) is 7.57. The van der Waals surface area contributed by atoms with Gasteiger partial charge in [0.2, 0.25) is 0 Å². The molecular weight excluding hydrogens is 405 g/mol. The lowest BCUT2D eigenvalue weighted by Crippen LogP contribution is -2.37. The maximum absolute atomic E-state index is 6.20. The first kappa shape index (κ1) is 19.3. The Hall–Kier alpha value is -0.670. The highest BCUT2D eigenvalue weighted by Crippen LogP contribution is 2.68. The van der Waals surface area contributed by atoms with Crippen LogP contribution in [0.5, 0.6) is 0 Å². The van der Waals surface area contributed by atoms with E-state index in [1.54, 1.807) is 16.7 Å². The zero-order valence-electron chi connectivity index (χ0n) is 16.6. The molecule has 2 aliphatic carbocycles. The lowest BCUT2D eigenvalue weighted by molar-refractivity contribution is 0.222. The summed E-state index contributed by atoms with van der Waals surface area (Å²) in [7, 11) is 0. The molecule has 3 aliphatic rings. The molecule has 1 unspecified atom stereocenters. The molecule has 148 valence electrons. The van der Waals surface area contributed by atoms with Crippen LogP contribution in [0.1, 0.15) is 67.7 Å². The predicted molar refractivity (Wildman–Crippen MR) is 121 cm³/mol. The minimum atomic E-state index is 0.317. The van der Waals surface area contributed by atoms with Crippen molar-refractivity contribution in [2.24, 2.45) is 5.41 Å². The summed E-state index contributed by atoms with van der Waals surface area (Å²) in [6.45, 7) is 7.18. The smallest absolute Gasteiger partial charge is 0.0595 e. The monoisotopic (exact) mass is 431 g/mol. The summed E-state index contributed by atoms with van der Waals surface area (Å²) in [5.74, 6) is 1.67. The van der Waals surface area contributed by atoms with Crippen molar-refractivity contribution >= 4 is 35.1 Å². The molecule has 4 heteroatoms. The zero-order valence-corrected chi connectivity index (χ0v) is 18.9. The summed E-state index contributed by atoms with van der Waals surface area (Å²) in [6.07, 6.45) is 5.48. The van der Waals surface area contributed by atoms with Crippen molar-refractivity contribution in [1.29, 1.82) is 0 Å². The van der Waals surface area contributed by atoms with E-state index in [0.717, 1.165) is 24.8 Å². The maximum Gasteiger partial charge on any atom is 0.0595 e. The first-order valence-corrected chi connectivity index (χ1v) is 12.0. The van der Waals surface area contributed by atoms with Crippen molar-refractivity contribution in [1.82, 2.24) is 4.31 Å². The van der Waals surface area contributed by atoms with Gasteiger partial charge in [-0.2, -0.15) is 0 Å². The van der Waals surface area contributed by atoms with Gasteiger partial charge in [-0.15, -0.1) is 0 Å². The highest BCUT2D eigenvalue weighted by Gasteiger charge is 2.59. The molecule has 28 heavy (non-hydrogen) atoms. The van der Waals surface area contributed by atoms with Crippen molar-refractivity contribution < 1.29 is 0 Å². The fourth-order valence-corrected chi connectivity index (χ4v) is 6.89. The van der Waals surface area contributed by atoms with E-state index in [1.165, 1.54) is 31.2 Å². The summed E-state index contributed by atoms with van der Waals surface area (Å²) in [4.78, 5) is 0. The highest BCUT2D eigenvalue weighted by atomic mass is 35.5. The first-order chi connectivity index (χ1) is 13.4. The van der Waals surface area contributed by atoms with Crippen LogP contribution in [0.15, 0.2) is 36.4 Å². The average Bonchev–Trinajstić information content (AvgIpc) is 3.47. The van der Waals surface area contributed by atoms with Crippen LogP contribution >= 0.6 is 35.1 Å². The number of hydrogen-bond donors (Lipinski definition) is 0. The molecule has 1 saturated carbocycles. The molecule has 1 aliphatic heterocycles. The van der Waals surface area contributed by atoms with Gasteiger partial charge in [0.1, 0.15) is 0 Å². The van der Waals surface area contributed by atoms with Crippen LogP contribution in [-0.2, 0) is 17.7 Å². The largest absolute Gasteiger partial charge is 0.246 e. The summed E-state index contributed by atoms with van der Waals surface area (Å²) in [6, 6.07) is 13.1. The summed E-state index contributed by atoms with van der Waals surface area (Å²) < 4.78 is 2.56. The summed E-state index contributed by atoms with van der Waals surface area (Å²) in [5, 5.41) is 1.28. The van der Waals surface area contributed by atoms with E-state index in [4.69, 9.17) is 23.2 Å². The van der Waals surface area contributed by atoms with Gasteiger partial charge in [-0.05, 0) is 76.8 Å². The van der Waals surface area contributed by atoms with Gasteiger partial charge in [0, 0.05) is 18.8 Å². The quantitative estimate of drug-likeness (QED) is 0.460. The normalized spacial score (nSPS) is 24.6. The number of nitrogens with zero attached hydrogens (tertiary/aromatic N) is 1. The minimum absolute atomic E-state index is 0.317. The lowest BCUT2D eigenvalue weighted by atomic mass is 9.59. The topological polar surface area (TPSA) is 3.24 Å². The minimum Gasteiger partial charge on any atom is -0.246 e. The van der Waals surface area contributed by atoms with E-state index in [-0.39, 0.29) is 0 Å². The molecule has 5 rings (SSSR count). The fourth-order valence-electron chi connectivity index (χ4n) is 5.59. The lowest BCUT2D eigenvalue weighted by Gasteiger charge is -2.45. The fraction of sp³-hybridized carbons (Fsp3) is 0.500. The number of halogens is 2. The van der Waals surface area contributed by atoms with Gasteiger partial charge in [0.25, 0.3) is 0 Å². The molecule has 2 aromatic rings. The Morgan fingerprint density at radius 3 is 2.68 bits per heavy atom. The number of benzene rings is 2. The molecule has 0 radical (unpaired) electrons. The molecule has 1 atom stereocenters. The Morgan fingerprint density at radius 1 is 1.11 bits per heavy atom. The van der Waals surface area contributed by atoms with Crippen molar-refractivity contribution in [2.75, 3.05) is 6.54 Å². The van der Waals surface area contributed by atoms with Gasteiger partial charge >= 0.3 is 0 Å². The Bertz CT molecular complexity index is 919. The van der Waals surface area contributed by atoms with E-state index in [0.29, 0.717) is 20.9 Å². The standard InChI is InChI=1S/C24H27Cl2NS/c1-23(2)19-5-3-4-18-14-27(28-15-16-6-7-20(25)21(26)12-16)11-8-17(22(18)19)13-24(23)9-10-24/h3-7,12,17H,8-11,13-15H2,1-2H3. The molecule has 1 nitrogen and oxygen atoms in total. The third-order valence-corrected chi connectivity index (χ3v) is 9.44.